The lowest BCUT2D eigenvalue weighted by atomic mass is 9.94. The minimum atomic E-state index is 0.0215. The number of thiophene rings is 1. The standard InChI is InChI=1S/C29H26N8OS/c38-25(13-17-8-10-30-11-9-17)32-19-14-18(15-31-16-19)21-6-7-23-27(33-21)28(37-36-23)29-34-22-4-1-3-20(26(22)35-29)24-5-2-12-39-24/h1-7,12,14-17,30H,8-11,13H2,(H,32,38)(H,34,35)(H,36,37). The summed E-state index contributed by atoms with van der Waals surface area (Å²) in [5, 5.41) is 16.1. The van der Waals surface area contributed by atoms with E-state index in [0.717, 1.165) is 59.3 Å². The minimum Gasteiger partial charge on any atom is -0.336 e. The molecule has 9 nitrogen and oxygen atoms in total. The van der Waals surface area contributed by atoms with Gasteiger partial charge in [0, 0.05) is 28.6 Å². The second-order valence-corrected chi connectivity index (χ2v) is 10.8. The Labute approximate surface area is 228 Å². The molecule has 4 N–H and O–H groups in total. The maximum atomic E-state index is 12.6. The van der Waals surface area contributed by atoms with Crippen molar-refractivity contribution in [2.24, 2.45) is 5.92 Å². The Kier molecular flexibility index (Phi) is 6.10. The smallest absolute Gasteiger partial charge is 0.224 e. The zero-order valence-electron chi connectivity index (χ0n) is 21.1. The van der Waals surface area contributed by atoms with E-state index < -0.39 is 0 Å². The van der Waals surface area contributed by atoms with Gasteiger partial charge in [0.2, 0.25) is 5.91 Å². The van der Waals surface area contributed by atoms with Crippen molar-refractivity contribution in [1.29, 1.82) is 0 Å². The zero-order chi connectivity index (χ0) is 26.2. The molecule has 0 spiro atoms. The van der Waals surface area contributed by atoms with Crippen LogP contribution in [0.5, 0.6) is 0 Å². The fourth-order valence-electron chi connectivity index (χ4n) is 5.21. The number of H-pyrrole nitrogens is 2. The van der Waals surface area contributed by atoms with Crippen LogP contribution in [0.1, 0.15) is 19.3 Å². The average molecular weight is 535 g/mol. The first-order chi connectivity index (χ1) is 19.2. The van der Waals surface area contributed by atoms with Crippen LogP contribution in [0.15, 0.2) is 66.3 Å². The van der Waals surface area contributed by atoms with E-state index in [1.54, 1.807) is 23.7 Å². The number of anilines is 1. The number of fused-ring (bicyclic) bond motifs is 2. The van der Waals surface area contributed by atoms with Crippen LogP contribution < -0.4 is 10.6 Å². The van der Waals surface area contributed by atoms with E-state index in [0.29, 0.717) is 35.1 Å². The summed E-state index contributed by atoms with van der Waals surface area (Å²) < 4.78 is 0. The highest BCUT2D eigenvalue weighted by Crippen LogP contribution is 2.33. The largest absolute Gasteiger partial charge is 0.336 e. The molecular weight excluding hydrogens is 508 g/mol. The highest BCUT2D eigenvalue weighted by atomic mass is 32.1. The third kappa shape index (κ3) is 4.68. The van der Waals surface area contributed by atoms with Gasteiger partial charge in [-0.1, -0.05) is 18.2 Å². The highest BCUT2D eigenvalue weighted by molar-refractivity contribution is 7.13. The van der Waals surface area contributed by atoms with Gasteiger partial charge in [0.05, 0.1) is 34.1 Å². The minimum absolute atomic E-state index is 0.0215. The number of carbonyl (C=O) groups is 1. The molecular formula is C29H26N8OS. The molecule has 1 aromatic carbocycles. The molecule has 1 aliphatic rings. The number of rotatable bonds is 6. The molecule has 39 heavy (non-hydrogen) atoms. The summed E-state index contributed by atoms with van der Waals surface area (Å²) in [4.78, 5) is 31.5. The van der Waals surface area contributed by atoms with Crippen molar-refractivity contribution >= 4 is 45.0 Å². The topological polar surface area (TPSA) is 124 Å². The summed E-state index contributed by atoms with van der Waals surface area (Å²) in [7, 11) is 0. The van der Waals surface area contributed by atoms with Gasteiger partial charge in [0.1, 0.15) is 5.52 Å². The molecule has 6 aromatic rings. The number of aromatic nitrogens is 6. The molecule has 0 saturated carbocycles. The third-order valence-corrected chi connectivity index (χ3v) is 8.09. The highest BCUT2D eigenvalue weighted by Gasteiger charge is 2.19. The van der Waals surface area contributed by atoms with Crippen LogP contribution in [-0.2, 0) is 4.79 Å². The van der Waals surface area contributed by atoms with Gasteiger partial charge in [0.25, 0.3) is 0 Å². The van der Waals surface area contributed by atoms with Crippen molar-refractivity contribution in [3.05, 3.63) is 66.3 Å². The number of carbonyl (C=O) groups excluding carboxylic acids is 1. The van der Waals surface area contributed by atoms with Gasteiger partial charge >= 0.3 is 0 Å². The van der Waals surface area contributed by atoms with Gasteiger partial charge < -0.3 is 15.6 Å². The normalized spacial score (nSPS) is 14.3. The first-order valence-corrected chi connectivity index (χ1v) is 13.9. The number of piperidine rings is 1. The quantitative estimate of drug-likeness (QED) is 0.220. The van der Waals surface area contributed by atoms with Crippen LogP contribution in [0, 0.1) is 5.92 Å². The summed E-state index contributed by atoms with van der Waals surface area (Å²) in [5.74, 6) is 1.10. The van der Waals surface area contributed by atoms with Crippen LogP contribution in [0.3, 0.4) is 0 Å². The predicted octanol–water partition coefficient (Wildman–Crippen LogP) is 5.62. The van der Waals surface area contributed by atoms with Crippen molar-refractivity contribution in [3.63, 3.8) is 0 Å². The summed E-state index contributed by atoms with van der Waals surface area (Å²) in [6.45, 7) is 1.95. The van der Waals surface area contributed by atoms with Crippen molar-refractivity contribution in [2.75, 3.05) is 18.4 Å². The van der Waals surface area contributed by atoms with Gasteiger partial charge in [-0.3, -0.25) is 14.9 Å². The fourth-order valence-corrected chi connectivity index (χ4v) is 5.96. The zero-order valence-corrected chi connectivity index (χ0v) is 21.9. The SMILES string of the molecule is O=C(CC1CCNCC1)Nc1cncc(-c2ccc3[nH]nc(-c4nc5c(-c6cccs6)cccc5[nH]4)c3n2)c1. The maximum Gasteiger partial charge on any atom is 0.224 e. The number of hydrogen-bond acceptors (Lipinski definition) is 7. The van der Waals surface area contributed by atoms with E-state index in [1.165, 1.54) is 4.88 Å². The number of amides is 1. The van der Waals surface area contributed by atoms with Crippen LogP contribution in [0.2, 0.25) is 0 Å². The van der Waals surface area contributed by atoms with Gasteiger partial charge in [-0.05, 0) is 67.6 Å². The third-order valence-electron chi connectivity index (χ3n) is 7.18. The van der Waals surface area contributed by atoms with Gasteiger partial charge in [-0.25, -0.2) is 9.97 Å². The second-order valence-electron chi connectivity index (χ2n) is 9.84. The molecule has 10 heteroatoms. The number of para-hydroxylation sites is 1. The number of benzene rings is 1. The van der Waals surface area contributed by atoms with Gasteiger partial charge in [-0.15, -0.1) is 11.3 Å². The van der Waals surface area contributed by atoms with Crippen LogP contribution in [0.4, 0.5) is 5.69 Å². The number of nitrogens with zero attached hydrogens (tertiary/aromatic N) is 4. The molecule has 0 unspecified atom stereocenters. The Morgan fingerprint density at radius 1 is 1.00 bits per heavy atom. The Bertz CT molecular complexity index is 1780. The van der Waals surface area contributed by atoms with Crippen molar-refractivity contribution < 1.29 is 4.79 Å². The lowest BCUT2D eigenvalue weighted by Gasteiger charge is -2.21. The van der Waals surface area contributed by atoms with Crippen molar-refractivity contribution in [2.45, 2.75) is 19.3 Å². The van der Waals surface area contributed by atoms with E-state index in [2.05, 4.69) is 48.3 Å². The molecule has 0 atom stereocenters. The van der Waals surface area contributed by atoms with Crippen molar-refractivity contribution in [1.82, 2.24) is 35.5 Å². The van der Waals surface area contributed by atoms with Crippen LogP contribution >= 0.6 is 11.3 Å². The molecule has 7 rings (SSSR count). The lowest BCUT2D eigenvalue weighted by molar-refractivity contribution is -0.117. The molecule has 6 heterocycles. The van der Waals surface area contributed by atoms with Gasteiger partial charge in [0.15, 0.2) is 11.5 Å². The Morgan fingerprint density at radius 3 is 2.79 bits per heavy atom. The summed E-state index contributed by atoms with van der Waals surface area (Å²) >= 11 is 1.69. The molecule has 194 valence electrons. The van der Waals surface area contributed by atoms with E-state index in [1.807, 2.05) is 36.4 Å². The van der Waals surface area contributed by atoms with Gasteiger partial charge in [-0.2, -0.15) is 5.10 Å². The molecule has 0 aliphatic carbocycles. The number of aromatic amines is 2. The molecule has 1 amide bonds. The molecule has 0 radical (unpaired) electrons. The molecule has 1 fully saturated rings. The number of pyridine rings is 2. The molecule has 1 saturated heterocycles. The predicted molar refractivity (Wildman–Crippen MR) is 154 cm³/mol. The first kappa shape index (κ1) is 23.7. The van der Waals surface area contributed by atoms with Crippen LogP contribution in [-0.4, -0.2) is 49.1 Å². The van der Waals surface area contributed by atoms with E-state index >= 15 is 0 Å². The van der Waals surface area contributed by atoms with E-state index in [-0.39, 0.29) is 5.91 Å². The Balaban J connectivity index is 1.19. The average Bonchev–Trinajstić information content (AvgIpc) is 3.73. The van der Waals surface area contributed by atoms with Crippen LogP contribution in [0.25, 0.3) is 55.3 Å². The number of hydrogen-bond donors (Lipinski definition) is 4. The maximum absolute atomic E-state index is 12.6. The summed E-state index contributed by atoms with van der Waals surface area (Å²) in [6.07, 6.45) is 6.02. The monoisotopic (exact) mass is 534 g/mol. The van der Waals surface area contributed by atoms with E-state index in [4.69, 9.17) is 9.97 Å². The second kappa shape index (κ2) is 10.0. The Hall–Kier alpha value is -4.41. The number of imidazole rings is 1. The first-order valence-electron chi connectivity index (χ1n) is 13.1. The van der Waals surface area contributed by atoms with E-state index in [9.17, 15) is 4.79 Å². The lowest BCUT2D eigenvalue weighted by Crippen LogP contribution is -2.30. The molecule has 1 aliphatic heterocycles. The summed E-state index contributed by atoms with van der Waals surface area (Å²) in [5.41, 5.74) is 7.33. The molecule has 0 bridgehead atoms. The molecule has 5 aromatic heterocycles. The number of nitrogens with one attached hydrogen (secondary N) is 4. The summed E-state index contributed by atoms with van der Waals surface area (Å²) in [6, 6.07) is 16.1. The van der Waals surface area contributed by atoms with Crippen molar-refractivity contribution in [3.8, 4) is 33.2 Å². The fraction of sp³-hybridized carbons (Fsp3) is 0.207. The Morgan fingerprint density at radius 2 is 1.92 bits per heavy atom.